The Morgan fingerprint density at radius 1 is 0.970 bits per heavy atom. The molecule has 0 saturated carbocycles. The van der Waals surface area contributed by atoms with E-state index in [0.717, 1.165) is 27.7 Å². The topological polar surface area (TPSA) is 98.0 Å². The summed E-state index contributed by atoms with van der Waals surface area (Å²) in [5.41, 5.74) is 7.98. The van der Waals surface area contributed by atoms with E-state index in [9.17, 15) is 4.79 Å². The average Bonchev–Trinajstić information content (AvgIpc) is 3.42. The van der Waals surface area contributed by atoms with E-state index in [0.29, 0.717) is 17.0 Å². The van der Waals surface area contributed by atoms with Crippen LogP contribution >= 0.6 is 0 Å². The number of carbonyl (C=O) groups is 1. The number of nitrogens with zero attached hydrogens (tertiary/aromatic N) is 6. The molecule has 33 heavy (non-hydrogen) atoms. The van der Waals surface area contributed by atoms with Crippen LogP contribution in [0.4, 0.5) is 0 Å². The summed E-state index contributed by atoms with van der Waals surface area (Å²) in [5, 5.41) is 9.20. The van der Waals surface area contributed by atoms with Gasteiger partial charge in [-0.25, -0.2) is 20.1 Å². The summed E-state index contributed by atoms with van der Waals surface area (Å²) in [5.74, 6) is -0.303. The zero-order valence-corrected chi connectivity index (χ0v) is 17.8. The van der Waals surface area contributed by atoms with Gasteiger partial charge < -0.3 is 0 Å². The number of pyridine rings is 2. The second-order valence-corrected chi connectivity index (χ2v) is 7.33. The van der Waals surface area contributed by atoms with Crippen LogP contribution in [-0.4, -0.2) is 36.4 Å². The molecular formula is C25H19N7O. The molecule has 3 heterocycles. The lowest BCUT2D eigenvalue weighted by atomic mass is 10.0. The van der Waals surface area contributed by atoms with Gasteiger partial charge in [-0.1, -0.05) is 30.3 Å². The number of benzene rings is 2. The highest BCUT2D eigenvalue weighted by atomic mass is 16.2. The van der Waals surface area contributed by atoms with Crippen LogP contribution in [-0.2, 0) is 0 Å². The zero-order valence-electron chi connectivity index (χ0n) is 17.8. The lowest BCUT2D eigenvalue weighted by Crippen LogP contribution is -2.20. The van der Waals surface area contributed by atoms with Crippen molar-refractivity contribution in [3.05, 3.63) is 103 Å². The molecule has 0 aliphatic carbocycles. The first-order chi connectivity index (χ1) is 16.2. The Balaban J connectivity index is 1.42. The number of fused-ring (bicyclic) bond motifs is 1. The molecule has 2 aromatic carbocycles. The SMILES string of the molecule is C/C(=N\NC(=O)c1cc(-c2ccncc2)nc2ccccc12)c1ccc(-n2cncn2)cc1. The van der Waals surface area contributed by atoms with Crippen LogP contribution < -0.4 is 5.43 Å². The first-order valence-corrected chi connectivity index (χ1v) is 10.3. The van der Waals surface area contributed by atoms with Gasteiger partial charge in [-0.05, 0) is 48.9 Å². The van der Waals surface area contributed by atoms with Gasteiger partial charge in [0.15, 0.2) is 0 Å². The van der Waals surface area contributed by atoms with Crippen LogP contribution in [0.1, 0.15) is 22.8 Å². The monoisotopic (exact) mass is 433 g/mol. The van der Waals surface area contributed by atoms with Crippen molar-refractivity contribution in [2.45, 2.75) is 6.92 Å². The van der Waals surface area contributed by atoms with Crippen LogP contribution in [0.15, 0.2) is 96.9 Å². The summed E-state index contributed by atoms with van der Waals surface area (Å²) in [7, 11) is 0. The average molecular weight is 433 g/mol. The lowest BCUT2D eigenvalue weighted by Gasteiger charge is -2.09. The maximum absolute atomic E-state index is 13.1. The third-order valence-corrected chi connectivity index (χ3v) is 5.23. The standard InChI is InChI=1S/C25H19N7O/c1-17(18-6-8-20(9-7-18)32-16-27-15-28-32)30-31-25(33)22-14-24(19-10-12-26-13-11-19)29-23-5-3-2-4-21(22)23/h2-16H,1H3,(H,31,33)/b30-17+. The van der Waals surface area contributed by atoms with Crippen LogP contribution in [0, 0.1) is 0 Å². The van der Waals surface area contributed by atoms with Gasteiger partial charge in [0, 0.05) is 23.3 Å². The van der Waals surface area contributed by atoms with E-state index in [1.54, 1.807) is 29.5 Å². The van der Waals surface area contributed by atoms with Gasteiger partial charge in [-0.15, -0.1) is 0 Å². The quantitative estimate of drug-likeness (QED) is 0.333. The first-order valence-electron chi connectivity index (χ1n) is 10.3. The second-order valence-electron chi connectivity index (χ2n) is 7.33. The summed E-state index contributed by atoms with van der Waals surface area (Å²) in [6.45, 7) is 1.85. The van der Waals surface area contributed by atoms with Crippen molar-refractivity contribution in [3.8, 4) is 16.9 Å². The Morgan fingerprint density at radius 2 is 1.76 bits per heavy atom. The van der Waals surface area contributed by atoms with Gasteiger partial charge >= 0.3 is 0 Å². The van der Waals surface area contributed by atoms with E-state index in [1.165, 1.54) is 6.33 Å². The number of aromatic nitrogens is 5. The van der Waals surface area contributed by atoms with Gasteiger partial charge in [-0.2, -0.15) is 10.2 Å². The number of amides is 1. The van der Waals surface area contributed by atoms with Crippen molar-refractivity contribution < 1.29 is 4.79 Å². The van der Waals surface area contributed by atoms with E-state index in [-0.39, 0.29) is 5.91 Å². The summed E-state index contributed by atoms with van der Waals surface area (Å²) in [4.78, 5) is 25.8. The molecule has 0 aliphatic heterocycles. The van der Waals surface area contributed by atoms with Gasteiger partial charge in [0.2, 0.25) is 0 Å². The summed E-state index contributed by atoms with van der Waals surface area (Å²) < 4.78 is 1.67. The Kier molecular flexibility index (Phi) is 5.38. The summed E-state index contributed by atoms with van der Waals surface area (Å²) in [6.07, 6.45) is 6.52. The third kappa shape index (κ3) is 4.22. The Labute approximate surface area is 189 Å². The molecule has 8 heteroatoms. The highest BCUT2D eigenvalue weighted by molar-refractivity contribution is 6.08. The normalized spacial score (nSPS) is 11.5. The predicted molar refractivity (Wildman–Crippen MR) is 126 cm³/mol. The number of nitrogens with one attached hydrogen (secondary N) is 1. The predicted octanol–water partition coefficient (Wildman–Crippen LogP) is 4.03. The van der Waals surface area contributed by atoms with Crippen LogP contribution in [0.25, 0.3) is 27.8 Å². The van der Waals surface area contributed by atoms with Crippen molar-refractivity contribution in [3.63, 3.8) is 0 Å². The van der Waals surface area contributed by atoms with Crippen LogP contribution in [0.2, 0.25) is 0 Å². The molecule has 0 radical (unpaired) electrons. The van der Waals surface area contributed by atoms with E-state index in [2.05, 4.69) is 25.6 Å². The molecule has 8 nitrogen and oxygen atoms in total. The minimum absolute atomic E-state index is 0.303. The fourth-order valence-corrected chi connectivity index (χ4v) is 3.49. The fraction of sp³-hybridized carbons (Fsp3) is 0.0400. The molecule has 5 aromatic rings. The Hall–Kier alpha value is -4.72. The summed E-state index contributed by atoms with van der Waals surface area (Å²) in [6, 6.07) is 20.8. The molecule has 1 N–H and O–H groups in total. The number of carbonyl (C=O) groups excluding carboxylic acids is 1. The molecule has 0 aliphatic rings. The number of para-hydroxylation sites is 1. The molecule has 0 saturated heterocycles. The van der Waals surface area contributed by atoms with Crippen LogP contribution in [0.5, 0.6) is 0 Å². The number of rotatable bonds is 5. The first kappa shape index (κ1) is 20.2. The van der Waals surface area contributed by atoms with E-state index in [4.69, 9.17) is 4.98 Å². The summed E-state index contributed by atoms with van der Waals surface area (Å²) >= 11 is 0. The minimum Gasteiger partial charge on any atom is -0.267 e. The van der Waals surface area contributed by atoms with Gasteiger partial charge in [0.25, 0.3) is 5.91 Å². The molecule has 3 aromatic heterocycles. The lowest BCUT2D eigenvalue weighted by molar-refractivity contribution is 0.0956. The second kappa shape index (κ2) is 8.80. The van der Waals surface area contributed by atoms with Crippen molar-refractivity contribution >= 4 is 22.5 Å². The Morgan fingerprint density at radius 3 is 2.52 bits per heavy atom. The molecule has 0 fully saturated rings. The fourth-order valence-electron chi connectivity index (χ4n) is 3.49. The maximum Gasteiger partial charge on any atom is 0.272 e. The highest BCUT2D eigenvalue weighted by Crippen LogP contribution is 2.24. The maximum atomic E-state index is 13.1. The molecule has 0 bridgehead atoms. The van der Waals surface area contributed by atoms with Crippen LogP contribution in [0.3, 0.4) is 0 Å². The molecule has 0 atom stereocenters. The zero-order chi connectivity index (χ0) is 22.6. The number of hydrogen-bond acceptors (Lipinski definition) is 6. The largest absolute Gasteiger partial charge is 0.272 e. The molecule has 5 rings (SSSR count). The van der Waals surface area contributed by atoms with Gasteiger partial charge in [-0.3, -0.25) is 9.78 Å². The van der Waals surface area contributed by atoms with Gasteiger partial charge in [0.1, 0.15) is 12.7 Å². The molecule has 0 spiro atoms. The minimum atomic E-state index is -0.303. The van der Waals surface area contributed by atoms with Crippen molar-refractivity contribution in [1.82, 2.24) is 30.2 Å². The van der Waals surface area contributed by atoms with E-state index >= 15 is 0 Å². The third-order valence-electron chi connectivity index (χ3n) is 5.23. The van der Waals surface area contributed by atoms with Gasteiger partial charge in [0.05, 0.1) is 28.2 Å². The Bertz CT molecular complexity index is 1440. The molecule has 0 unspecified atom stereocenters. The smallest absolute Gasteiger partial charge is 0.267 e. The molecular weight excluding hydrogens is 414 g/mol. The number of hydrogen-bond donors (Lipinski definition) is 1. The van der Waals surface area contributed by atoms with E-state index in [1.807, 2.05) is 67.6 Å². The van der Waals surface area contributed by atoms with Crippen molar-refractivity contribution in [1.29, 1.82) is 0 Å². The highest BCUT2D eigenvalue weighted by Gasteiger charge is 2.14. The number of hydrazone groups is 1. The van der Waals surface area contributed by atoms with E-state index < -0.39 is 0 Å². The molecule has 1 amide bonds. The van der Waals surface area contributed by atoms with Crippen molar-refractivity contribution in [2.75, 3.05) is 0 Å². The van der Waals surface area contributed by atoms with Crippen molar-refractivity contribution in [2.24, 2.45) is 5.10 Å². The molecule has 160 valence electrons.